The highest BCUT2D eigenvalue weighted by Gasteiger charge is 2.10. The predicted octanol–water partition coefficient (Wildman–Crippen LogP) is 12.5. The summed E-state index contributed by atoms with van der Waals surface area (Å²) in [5.41, 5.74) is 0. The molecule has 0 fully saturated rings. The van der Waals surface area contributed by atoms with Gasteiger partial charge >= 0.3 is 5.97 Å². The van der Waals surface area contributed by atoms with Crippen LogP contribution in [0.1, 0.15) is 213 Å². The summed E-state index contributed by atoms with van der Waals surface area (Å²) in [6.07, 6.45) is 36.5. The zero-order valence-corrected chi connectivity index (χ0v) is 27.7. The molecule has 0 aromatic heterocycles. The molecular weight excluding hydrogens is 492 g/mol. The van der Waals surface area contributed by atoms with Crippen LogP contribution >= 0.6 is 0 Å². The molecule has 0 saturated carbocycles. The maximum atomic E-state index is 12.2. The molecule has 0 aromatic carbocycles. The molecule has 0 unspecified atom stereocenters. The number of carbonyl (C=O) groups excluding carboxylic acids is 2. The average Bonchev–Trinajstić information content (AvgIpc) is 2.95. The quantitative estimate of drug-likeness (QED) is 0.0588. The normalized spacial score (nSPS) is 11.4. The maximum absolute atomic E-state index is 12.2. The van der Waals surface area contributed by atoms with E-state index in [9.17, 15) is 9.59 Å². The summed E-state index contributed by atoms with van der Waals surface area (Å²) in [7, 11) is 0. The smallest absolute Gasteiger partial charge is 0.305 e. The Bertz CT molecular complexity index is 510. The third-order valence-electron chi connectivity index (χ3n) is 8.60. The molecule has 0 aliphatic heterocycles. The molecule has 0 N–H and O–H groups in total. The molecule has 0 saturated heterocycles. The Balaban J connectivity index is 4.00. The zero-order chi connectivity index (χ0) is 29.4. The van der Waals surface area contributed by atoms with Gasteiger partial charge in [0, 0.05) is 19.3 Å². The van der Waals surface area contributed by atoms with Gasteiger partial charge in [-0.05, 0) is 38.0 Å². The zero-order valence-electron chi connectivity index (χ0n) is 27.7. The van der Waals surface area contributed by atoms with Gasteiger partial charge in [0.15, 0.2) is 0 Å². The van der Waals surface area contributed by atoms with Crippen LogP contribution in [0.3, 0.4) is 0 Å². The Hall–Kier alpha value is -0.860. The van der Waals surface area contributed by atoms with Gasteiger partial charge in [0.2, 0.25) is 0 Å². The summed E-state index contributed by atoms with van der Waals surface area (Å²) in [5.74, 6) is 1.09. The van der Waals surface area contributed by atoms with Gasteiger partial charge in [-0.15, -0.1) is 0 Å². The fourth-order valence-corrected chi connectivity index (χ4v) is 5.84. The van der Waals surface area contributed by atoms with E-state index in [1.807, 2.05) is 0 Å². The second-order valence-electron chi connectivity index (χ2n) is 12.7. The van der Waals surface area contributed by atoms with E-state index in [2.05, 4.69) is 20.8 Å². The topological polar surface area (TPSA) is 43.4 Å². The van der Waals surface area contributed by atoms with Crippen LogP contribution in [0.5, 0.6) is 0 Å². The first-order valence-electron chi connectivity index (χ1n) is 18.3. The highest BCUT2D eigenvalue weighted by Crippen LogP contribution is 2.24. The average molecular weight is 565 g/mol. The van der Waals surface area contributed by atoms with Crippen LogP contribution in [0.2, 0.25) is 0 Å². The first-order chi connectivity index (χ1) is 19.6. The van der Waals surface area contributed by atoms with Crippen molar-refractivity contribution in [2.45, 2.75) is 213 Å². The van der Waals surface area contributed by atoms with E-state index < -0.39 is 0 Å². The number of ketones is 1. The highest BCUT2D eigenvalue weighted by atomic mass is 16.5. The van der Waals surface area contributed by atoms with Gasteiger partial charge in [-0.1, -0.05) is 162 Å². The van der Waals surface area contributed by atoms with E-state index in [-0.39, 0.29) is 5.97 Å². The molecule has 40 heavy (non-hydrogen) atoms. The minimum Gasteiger partial charge on any atom is -0.466 e. The minimum absolute atomic E-state index is 0.0743. The SMILES string of the molecule is CCCCCCCCCCC(CCCCCCCCCC)CCCOC(=O)CCCCC(=O)CCCCCCC. The minimum atomic E-state index is -0.0743. The Morgan fingerprint density at radius 1 is 0.425 bits per heavy atom. The molecule has 3 heteroatoms. The van der Waals surface area contributed by atoms with Crippen LogP contribution in [0.4, 0.5) is 0 Å². The first kappa shape index (κ1) is 39.1. The van der Waals surface area contributed by atoms with E-state index in [1.165, 1.54) is 148 Å². The van der Waals surface area contributed by atoms with Gasteiger partial charge < -0.3 is 4.74 Å². The Labute approximate surface area is 251 Å². The summed E-state index contributed by atoms with van der Waals surface area (Å²) in [4.78, 5) is 24.2. The summed E-state index contributed by atoms with van der Waals surface area (Å²) in [6.45, 7) is 7.36. The van der Waals surface area contributed by atoms with E-state index in [1.54, 1.807) is 0 Å². The molecule has 0 bridgehead atoms. The number of unbranched alkanes of at least 4 members (excludes halogenated alkanes) is 19. The lowest BCUT2D eigenvalue weighted by Crippen LogP contribution is -2.08. The van der Waals surface area contributed by atoms with Crippen molar-refractivity contribution < 1.29 is 14.3 Å². The van der Waals surface area contributed by atoms with E-state index in [0.29, 0.717) is 31.7 Å². The molecule has 0 aromatic rings. The fourth-order valence-electron chi connectivity index (χ4n) is 5.84. The maximum Gasteiger partial charge on any atom is 0.305 e. The molecule has 0 atom stereocenters. The Kier molecular flexibility index (Phi) is 31.9. The van der Waals surface area contributed by atoms with Crippen molar-refractivity contribution in [2.75, 3.05) is 6.61 Å². The third kappa shape index (κ3) is 30.1. The standard InChI is InChI=1S/C37H72O3/c1-4-7-10-13-15-17-20-22-28-35(29-23-21-18-16-14-11-8-5-2)30-27-34-40-37(39)33-26-25-32-36(38)31-24-19-12-9-6-3/h35H,4-34H2,1-3H3. The lowest BCUT2D eigenvalue weighted by Gasteiger charge is -2.17. The molecule has 3 nitrogen and oxygen atoms in total. The number of esters is 1. The Morgan fingerprint density at radius 3 is 1.25 bits per heavy atom. The van der Waals surface area contributed by atoms with Gasteiger partial charge in [-0.25, -0.2) is 0 Å². The van der Waals surface area contributed by atoms with E-state index in [4.69, 9.17) is 4.74 Å². The van der Waals surface area contributed by atoms with Gasteiger partial charge in [-0.3, -0.25) is 9.59 Å². The molecule has 0 rings (SSSR count). The summed E-state index contributed by atoms with van der Waals surface area (Å²) in [5, 5.41) is 0. The summed E-state index contributed by atoms with van der Waals surface area (Å²) in [6, 6.07) is 0. The second kappa shape index (κ2) is 32.7. The number of carbonyl (C=O) groups is 2. The van der Waals surface area contributed by atoms with Crippen LogP contribution < -0.4 is 0 Å². The van der Waals surface area contributed by atoms with Crippen molar-refractivity contribution in [1.82, 2.24) is 0 Å². The number of hydrogen-bond acceptors (Lipinski definition) is 3. The number of rotatable bonds is 33. The van der Waals surface area contributed by atoms with Crippen LogP contribution in [0, 0.1) is 5.92 Å². The van der Waals surface area contributed by atoms with Gasteiger partial charge in [-0.2, -0.15) is 0 Å². The number of Topliss-reactive ketones (excluding diaryl/α,β-unsaturated/α-hetero) is 1. The predicted molar refractivity (Wildman–Crippen MR) is 175 cm³/mol. The fraction of sp³-hybridized carbons (Fsp3) is 0.946. The second-order valence-corrected chi connectivity index (χ2v) is 12.7. The van der Waals surface area contributed by atoms with Crippen LogP contribution in [-0.2, 0) is 14.3 Å². The number of ether oxygens (including phenoxy) is 1. The van der Waals surface area contributed by atoms with Crippen molar-refractivity contribution in [3.8, 4) is 0 Å². The number of hydrogen-bond donors (Lipinski definition) is 0. The van der Waals surface area contributed by atoms with Gasteiger partial charge in [0.25, 0.3) is 0 Å². The van der Waals surface area contributed by atoms with Crippen molar-refractivity contribution in [3.05, 3.63) is 0 Å². The van der Waals surface area contributed by atoms with Crippen LogP contribution in [0.25, 0.3) is 0 Å². The molecule has 0 spiro atoms. The molecule has 0 amide bonds. The van der Waals surface area contributed by atoms with Crippen molar-refractivity contribution >= 4 is 11.8 Å². The van der Waals surface area contributed by atoms with E-state index >= 15 is 0 Å². The van der Waals surface area contributed by atoms with E-state index in [0.717, 1.165) is 31.6 Å². The van der Waals surface area contributed by atoms with Crippen LogP contribution in [0.15, 0.2) is 0 Å². The lowest BCUT2D eigenvalue weighted by atomic mass is 9.90. The molecule has 238 valence electrons. The van der Waals surface area contributed by atoms with Crippen molar-refractivity contribution in [3.63, 3.8) is 0 Å². The first-order valence-corrected chi connectivity index (χ1v) is 18.3. The largest absolute Gasteiger partial charge is 0.466 e. The highest BCUT2D eigenvalue weighted by molar-refractivity contribution is 5.78. The molecule has 0 aliphatic rings. The summed E-state index contributed by atoms with van der Waals surface area (Å²) >= 11 is 0. The lowest BCUT2D eigenvalue weighted by molar-refractivity contribution is -0.144. The summed E-state index contributed by atoms with van der Waals surface area (Å²) < 4.78 is 5.56. The van der Waals surface area contributed by atoms with Crippen molar-refractivity contribution in [1.29, 1.82) is 0 Å². The van der Waals surface area contributed by atoms with Crippen molar-refractivity contribution in [2.24, 2.45) is 5.92 Å². The van der Waals surface area contributed by atoms with Gasteiger partial charge in [0.05, 0.1) is 6.61 Å². The van der Waals surface area contributed by atoms with Crippen LogP contribution in [-0.4, -0.2) is 18.4 Å². The monoisotopic (exact) mass is 565 g/mol. The molecule has 0 radical (unpaired) electrons. The van der Waals surface area contributed by atoms with Gasteiger partial charge in [0.1, 0.15) is 5.78 Å². The third-order valence-corrected chi connectivity index (χ3v) is 8.60. The molecule has 0 aliphatic carbocycles. The molecular formula is C37H72O3. The molecule has 0 heterocycles. The Morgan fingerprint density at radius 2 is 0.775 bits per heavy atom.